The molecule has 3 amide bonds. The van der Waals surface area contributed by atoms with Gasteiger partial charge in [0.1, 0.15) is 11.4 Å². The number of amides is 3. The molecule has 1 aliphatic heterocycles. The lowest BCUT2D eigenvalue weighted by atomic mass is 9.97. The molecule has 0 unspecified atom stereocenters. The molecule has 0 saturated carbocycles. The first-order valence-electron chi connectivity index (χ1n) is 11.8. The van der Waals surface area contributed by atoms with E-state index in [4.69, 9.17) is 22.1 Å². The maximum atomic E-state index is 12.9. The summed E-state index contributed by atoms with van der Waals surface area (Å²) in [6.07, 6.45) is 4.08. The number of hydrogen-bond donors (Lipinski definition) is 2. The van der Waals surface area contributed by atoms with Gasteiger partial charge in [0.05, 0.1) is 22.3 Å². The summed E-state index contributed by atoms with van der Waals surface area (Å²) in [5, 5.41) is 5.55. The third kappa shape index (κ3) is 6.55. The number of nitrogens with zero attached hydrogens (tertiary/aromatic N) is 2. The fourth-order valence-electron chi connectivity index (χ4n) is 4.01. The molecule has 1 fully saturated rings. The van der Waals surface area contributed by atoms with Gasteiger partial charge in [0.2, 0.25) is 5.91 Å². The number of piperidine rings is 1. The molecular weight excluding hydrogens is 512 g/mol. The van der Waals surface area contributed by atoms with Gasteiger partial charge in [-0.3, -0.25) is 14.4 Å². The number of carbonyl (C=O) groups excluding carboxylic acids is 3. The molecule has 1 aliphatic rings. The zero-order valence-electron chi connectivity index (χ0n) is 20.1. The Morgan fingerprint density at radius 2 is 1.86 bits per heavy atom. The van der Waals surface area contributed by atoms with E-state index in [1.165, 1.54) is 29.5 Å². The summed E-state index contributed by atoms with van der Waals surface area (Å²) in [4.78, 5) is 43.5. The fraction of sp³-hybridized carbons (Fsp3) is 0.259. The zero-order chi connectivity index (χ0) is 26.4. The smallest absolute Gasteiger partial charge is 0.275 e. The largest absolute Gasteiger partial charge is 0.493 e. The molecule has 8 nitrogen and oxygen atoms in total. The van der Waals surface area contributed by atoms with Crippen LogP contribution >= 0.6 is 22.9 Å². The minimum atomic E-state index is -0.613. The molecule has 0 atom stereocenters. The lowest BCUT2D eigenvalue weighted by molar-refractivity contribution is 0.0712. The number of thiazole rings is 1. The molecule has 10 heteroatoms. The van der Waals surface area contributed by atoms with E-state index in [0.717, 1.165) is 30.0 Å². The van der Waals surface area contributed by atoms with Gasteiger partial charge in [0.25, 0.3) is 11.8 Å². The van der Waals surface area contributed by atoms with E-state index in [2.05, 4.69) is 16.9 Å². The molecule has 4 rings (SSSR count). The van der Waals surface area contributed by atoms with Crippen molar-refractivity contribution in [2.75, 3.05) is 25.0 Å². The Morgan fingerprint density at radius 1 is 1.16 bits per heavy atom. The van der Waals surface area contributed by atoms with Gasteiger partial charge in [0, 0.05) is 35.5 Å². The summed E-state index contributed by atoms with van der Waals surface area (Å²) in [6, 6.07) is 11.6. The van der Waals surface area contributed by atoms with Crippen molar-refractivity contribution in [2.24, 2.45) is 5.73 Å². The van der Waals surface area contributed by atoms with Crippen molar-refractivity contribution < 1.29 is 19.1 Å². The zero-order valence-corrected chi connectivity index (χ0v) is 21.7. The van der Waals surface area contributed by atoms with Gasteiger partial charge in [-0.2, -0.15) is 0 Å². The number of benzene rings is 2. The minimum Gasteiger partial charge on any atom is -0.493 e. The molecule has 2 heterocycles. The lowest BCUT2D eigenvalue weighted by Gasteiger charge is -2.31. The van der Waals surface area contributed by atoms with Gasteiger partial charge in [-0.1, -0.05) is 17.7 Å². The average Bonchev–Trinajstić information content (AvgIpc) is 3.41. The molecular formula is C27H27ClN4O4S. The monoisotopic (exact) mass is 538 g/mol. The molecule has 1 aromatic heterocycles. The maximum Gasteiger partial charge on any atom is 0.275 e. The number of halogens is 1. The number of likely N-dealkylation sites (tertiary alicyclic amines) is 1. The van der Waals surface area contributed by atoms with Crippen LogP contribution < -0.4 is 15.8 Å². The van der Waals surface area contributed by atoms with E-state index in [-0.39, 0.29) is 23.1 Å². The van der Waals surface area contributed by atoms with E-state index in [1.807, 2.05) is 17.0 Å². The number of hydrogen-bond acceptors (Lipinski definition) is 6. The van der Waals surface area contributed by atoms with Crippen LogP contribution in [-0.2, 0) is 0 Å². The predicted molar refractivity (Wildman–Crippen MR) is 145 cm³/mol. The Bertz CT molecular complexity index is 1300. The number of nitrogens with two attached hydrogens (primary N) is 1. The van der Waals surface area contributed by atoms with E-state index in [9.17, 15) is 14.4 Å². The van der Waals surface area contributed by atoms with Crippen LogP contribution in [0.3, 0.4) is 0 Å². The van der Waals surface area contributed by atoms with Crippen molar-refractivity contribution in [1.29, 1.82) is 0 Å². The van der Waals surface area contributed by atoms with Gasteiger partial charge in [-0.05, 0) is 61.7 Å². The topological polar surface area (TPSA) is 115 Å². The van der Waals surface area contributed by atoms with E-state index < -0.39 is 11.8 Å². The van der Waals surface area contributed by atoms with Crippen LogP contribution in [0.2, 0.25) is 5.02 Å². The Morgan fingerprint density at radius 3 is 2.54 bits per heavy atom. The predicted octanol–water partition coefficient (Wildman–Crippen LogP) is 5.12. The molecule has 2 aromatic carbocycles. The molecule has 0 bridgehead atoms. The van der Waals surface area contributed by atoms with Crippen LogP contribution in [0.4, 0.5) is 5.69 Å². The van der Waals surface area contributed by atoms with Gasteiger partial charge >= 0.3 is 0 Å². The average molecular weight is 539 g/mol. The summed E-state index contributed by atoms with van der Waals surface area (Å²) in [5.41, 5.74) is 6.75. The number of carbonyl (C=O) groups is 3. The lowest BCUT2D eigenvalue weighted by Crippen LogP contribution is -2.37. The van der Waals surface area contributed by atoms with Crippen molar-refractivity contribution in [3.8, 4) is 5.75 Å². The van der Waals surface area contributed by atoms with Crippen LogP contribution in [0.25, 0.3) is 0 Å². The Labute approximate surface area is 224 Å². The minimum absolute atomic E-state index is 0.00892. The van der Waals surface area contributed by atoms with Crippen molar-refractivity contribution in [3.05, 3.63) is 87.4 Å². The van der Waals surface area contributed by atoms with E-state index in [1.54, 1.807) is 23.6 Å². The number of nitrogens with one attached hydrogen (secondary N) is 1. The number of anilines is 1. The van der Waals surface area contributed by atoms with Crippen LogP contribution in [0, 0.1) is 0 Å². The maximum absolute atomic E-state index is 12.9. The van der Waals surface area contributed by atoms with E-state index >= 15 is 0 Å². The SMILES string of the molecule is C=CCCOc1ccc(C(=O)N2CCC(c3nc(C(=O)Nc4cc(C(N)=O)ccc4Cl)cs3)CC2)cc1. The normalized spacial score (nSPS) is 13.7. The van der Waals surface area contributed by atoms with Crippen molar-refractivity contribution in [1.82, 2.24) is 9.88 Å². The number of primary amides is 1. The first kappa shape index (κ1) is 26.4. The van der Waals surface area contributed by atoms with E-state index in [0.29, 0.717) is 36.0 Å². The third-order valence-electron chi connectivity index (χ3n) is 6.08. The summed E-state index contributed by atoms with van der Waals surface area (Å²) >= 11 is 7.57. The summed E-state index contributed by atoms with van der Waals surface area (Å²) in [7, 11) is 0. The second kappa shape index (κ2) is 12.0. The van der Waals surface area contributed by atoms with Crippen molar-refractivity contribution >= 4 is 46.3 Å². The molecule has 0 spiro atoms. The number of ether oxygens (including phenoxy) is 1. The van der Waals surface area contributed by atoms with Crippen LogP contribution in [0.15, 0.2) is 60.5 Å². The first-order valence-corrected chi connectivity index (χ1v) is 13.1. The first-order chi connectivity index (χ1) is 17.9. The highest BCUT2D eigenvalue weighted by atomic mass is 35.5. The molecule has 0 radical (unpaired) electrons. The Kier molecular flexibility index (Phi) is 8.58. The standard InChI is InChI=1S/C27H27ClN4O4S/c1-2-3-14-36-20-7-4-18(5-8-20)27(35)32-12-10-17(11-13-32)26-31-23(16-37-26)25(34)30-22-15-19(24(29)33)6-9-21(22)28/h2,4-9,15-17H,1,3,10-14H2,(H2,29,33)(H,30,34). The molecule has 37 heavy (non-hydrogen) atoms. The Balaban J connectivity index is 1.32. The quantitative estimate of drug-likeness (QED) is 0.290. The van der Waals surface area contributed by atoms with Crippen LogP contribution in [0.1, 0.15) is 61.4 Å². The van der Waals surface area contributed by atoms with Crippen molar-refractivity contribution in [3.63, 3.8) is 0 Å². The molecule has 1 saturated heterocycles. The number of aromatic nitrogens is 1. The van der Waals surface area contributed by atoms with Gasteiger partial charge in [0.15, 0.2) is 0 Å². The summed E-state index contributed by atoms with van der Waals surface area (Å²) < 4.78 is 5.61. The second-order valence-corrected chi connectivity index (χ2v) is 9.90. The fourth-order valence-corrected chi connectivity index (χ4v) is 5.14. The van der Waals surface area contributed by atoms with Gasteiger partial charge in [-0.15, -0.1) is 17.9 Å². The Hall–Kier alpha value is -3.69. The van der Waals surface area contributed by atoms with Crippen LogP contribution in [0.5, 0.6) is 5.75 Å². The highest BCUT2D eigenvalue weighted by molar-refractivity contribution is 7.10. The molecule has 3 aromatic rings. The van der Waals surface area contributed by atoms with Gasteiger partial charge in [-0.25, -0.2) is 4.98 Å². The summed E-state index contributed by atoms with van der Waals surface area (Å²) in [6.45, 7) is 5.45. The summed E-state index contributed by atoms with van der Waals surface area (Å²) in [5.74, 6) is -0.152. The number of rotatable bonds is 9. The van der Waals surface area contributed by atoms with Crippen molar-refractivity contribution in [2.45, 2.75) is 25.2 Å². The highest BCUT2D eigenvalue weighted by Gasteiger charge is 2.27. The molecule has 3 N–H and O–H groups in total. The van der Waals surface area contributed by atoms with Gasteiger partial charge < -0.3 is 20.7 Å². The molecule has 192 valence electrons. The third-order valence-corrected chi connectivity index (χ3v) is 7.41. The van der Waals surface area contributed by atoms with Crippen LogP contribution in [-0.4, -0.2) is 47.3 Å². The molecule has 0 aliphatic carbocycles. The second-order valence-electron chi connectivity index (χ2n) is 8.60. The highest BCUT2D eigenvalue weighted by Crippen LogP contribution is 2.31.